The standard InChI is InChI=1S/C14H11N3O/c1-17-8-13(16-9-17)14(18)11-6-10-4-2-3-5-12(10)15-7-11/h2-9H,1H3. The summed E-state index contributed by atoms with van der Waals surface area (Å²) in [7, 11) is 1.84. The molecule has 0 radical (unpaired) electrons. The van der Waals surface area contributed by atoms with Crippen LogP contribution in [0.15, 0.2) is 49.1 Å². The predicted octanol–water partition coefficient (Wildman–Crippen LogP) is 2.20. The van der Waals surface area contributed by atoms with Crippen molar-refractivity contribution in [2.75, 3.05) is 0 Å². The van der Waals surface area contributed by atoms with Crippen molar-refractivity contribution in [3.63, 3.8) is 0 Å². The molecule has 3 aromatic rings. The molecule has 18 heavy (non-hydrogen) atoms. The number of para-hydroxylation sites is 1. The van der Waals surface area contributed by atoms with Gasteiger partial charge in [0.25, 0.3) is 0 Å². The Morgan fingerprint density at radius 1 is 1.22 bits per heavy atom. The van der Waals surface area contributed by atoms with Gasteiger partial charge in [-0.2, -0.15) is 0 Å². The van der Waals surface area contributed by atoms with Gasteiger partial charge in [-0.05, 0) is 12.1 Å². The number of rotatable bonds is 2. The van der Waals surface area contributed by atoms with Crippen molar-refractivity contribution in [3.8, 4) is 0 Å². The van der Waals surface area contributed by atoms with E-state index in [1.807, 2.05) is 37.4 Å². The maximum absolute atomic E-state index is 12.2. The fourth-order valence-electron chi connectivity index (χ4n) is 1.87. The van der Waals surface area contributed by atoms with Gasteiger partial charge in [0, 0.05) is 30.4 Å². The van der Waals surface area contributed by atoms with Crippen molar-refractivity contribution in [2.45, 2.75) is 0 Å². The van der Waals surface area contributed by atoms with Gasteiger partial charge in [0.05, 0.1) is 11.8 Å². The molecule has 1 aromatic carbocycles. The van der Waals surface area contributed by atoms with E-state index in [1.165, 1.54) is 0 Å². The van der Waals surface area contributed by atoms with E-state index in [9.17, 15) is 4.79 Å². The molecular formula is C14H11N3O. The van der Waals surface area contributed by atoms with Gasteiger partial charge in [-0.3, -0.25) is 9.78 Å². The van der Waals surface area contributed by atoms with Crippen molar-refractivity contribution in [1.29, 1.82) is 0 Å². The molecule has 0 aliphatic rings. The molecule has 0 unspecified atom stereocenters. The van der Waals surface area contributed by atoms with Crippen LogP contribution < -0.4 is 0 Å². The topological polar surface area (TPSA) is 47.8 Å². The second kappa shape index (κ2) is 4.07. The molecule has 0 atom stereocenters. The summed E-state index contributed by atoms with van der Waals surface area (Å²) in [5.41, 5.74) is 1.89. The van der Waals surface area contributed by atoms with Crippen molar-refractivity contribution >= 4 is 16.7 Å². The van der Waals surface area contributed by atoms with Crippen LogP contribution in [0.1, 0.15) is 16.1 Å². The van der Waals surface area contributed by atoms with Crippen LogP contribution in [0.25, 0.3) is 10.9 Å². The quantitative estimate of drug-likeness (QED) is 0.642. The second-order valence-electron chi connectivity index (χ2n) is 4.17. The Balaban J connectivity index is 2.06. The van der Waals surface area contributed by atoms with Crippen LogP contribution in [0.2, 0.25) is 0 Å². The van der Waals surface area contributed by atoms with E-state index in [0.717, 1.165) is 10.9 Å². The fourth-order valence-corrected chi connectivity index (χ4v) is 1.87. The average Bonchev–Trinajstić information content (AvgIpc) is 2.84. The van der Waals surface area contributed by atoms with E-state index in [0.29, 0.717) is 11.3 Å². The third-order valence-electron chi connectivity index (χ3n) is 2.79. The maximum atomic E-state index is 12.2. The number of hydrogen-bond acceptors (Lipinski definition) is 3. The highest BCUT2D eigenvalue weighted by Crippen LogP contribution is 2.14. The highest BCUT2D eigenvalue weighted by atomic mass is 16.1. The number of hydrogen-bond donors (Lipinski definition) is 0. The molecule has 0 bridgehead atoms. The summed E-state index contributed by atoms with van der Waals surface area (Å²) in [4.78, 5) is 20.5. The molecule has 0 fully saturated rings. The SMILES string of the molecule is Cn1cnc(C(=O)c2cnc3ccccc3c2)c1. The first-order valence-corrected chi connectivity index (χ1v) is 5.61. The summed E-state index contributed by atoms with van der Waals surface area (Å²) in [5.74, 6) is -0.103. The average molecular weight is 237 g/mol. The smallest absolute Gasteiger partial charge is 0.214 e. The van der Waals surface area contributed by atoms with Crippen molar-refractivity contribution in [2.24, 2.45) is 7.05 Å². The number of nitrogens with zero attached hydrogens (tertiary/aromatic N) is 3. The van der Waals surface area contributed by atoms with Crippen LogP contribution in [0.3, 0.4) is 0 Å². The zero-order valence-corrected chi connectivity index (χ0v) is 9.87. The van der Waals surface area contributed by atoms with Gasteiger partial charge in [0.1, 0.15) is 5.69 Å². The molecule has 0 saturated carbocycles. The van der Waals surface area contributed by atoms with Gasteiger partial charge in [0.2, 0.25) is 5.78 Å². The van der Waals surface area contributed by atoms with Gasteiger partial charge in [0.15, 0.2) is 0 Å². The number of aromatic nitrogens is 3. The molecule has 2 aromatic heterocycles. The number of benzene rings is 1. The molecule has 0 spiro atoms. The summed E-state index contributed by atoms with van der Waals surface area (Å²) in [6.07, 6.45) is 4.92. The summed E-state index contributed by atoms with van der Waals surface area (Å²) in [6, 6.07) is 9.57. The molecule has 0 aliphatic heterocycles. The fraction of sp³-hybridized carbons (Fsp3) is 0.0714. The van der Waals surface area contributed by atoms with Crippen LogP contribution in [-0.2, 0) is 7.05 Å². The molecule has 0 amide bonds. The Labute approximate surface area is 104 Å². The van der Waals surface area contributed by atoms with Crippen molar-refractivity contribution in [3.05, 3.63) is 60.3 Å². The van der Waals surface area contributed by atoms with Gasteiger partial charge < -0.3 is 4.57 Å². The van der Waals surface area contributed by atoms with Gasteiger partial charge in [-0.1, -0.05) is 18.2 Å². The molecule has 2 heterocycles. The van der Waals surface area contributed by atoms with Gasteiger partial charge in [-0.25, -0.2) is 4.98 Å². The normalized spacial score (nSPS) is 10.7. The molecule has 4 nitrogen and oxygen atoms in total. The summed E-state index contributed by atoms with van der Waals surface area (Å²) >= 11 is 0. The van der Waals surface area contributed by atoms with Gasteiger partial charge in [-0.15, -0.1) is 0 Å². The molecule has 4 heteroatoms. The van der Waals surface area contributed by atoms with Crippen LogP contribution in [0, 0.1) is 0 Å². The molecule has 0 aliphatic carbocycles. The lowest BCUT2D eigenvalue weighted by Crippen LogP contribution is -2.02. The van der Waals surface area contributed by atoms with Crippen molar-refractivity contribution in [1.82, 2.24) is 14.5 Å². The Hall–Kier alpha value is -2.49. The lowest BCUT2D eigenvalue weighted by Gasteiger charge is -2.00. The third kappa shape index (κ3) is 1.78. The minimum Gasteiger partial charge on any atom is -0.340 e. The van der Waals surface area contributed by atoms with Gasteiger partial charge >= 0.3 is 0 Å². The first-order valence-electron chi connectivity index (χ1n) is 5.61. The molecule has 0 saturated heterocycles. The molecule has 0 N–H and O–H groups in total. The van der Waals surface area contributed by atoms with Crippen LogP contribution in [0.5, 0.6) is 0 Å². The summed E-state index contributed by atoms with van der Waals surface area (Å²) in [5, 5.41) is 0.958. The van der Waals surface area contributed by atoms with E-state index in [-0.39, 0.29) is 5.78 Å². The lowest BCUT2D eigenvalue weighted by atomic mass is 10.1. The molecule has 88 valence electrons. The highest BCUT2D eigenvalue weighted by Gasteiger charge is 2.12. The van der Waals surface area contributed by atoms with E-state index in [1.54, 1.807) is 23.3 Å². The number of fused-ring (bicyclic) bond motifs is 1. The number of aryl methyl sites for hydroxylation is 1. The number of pyridine rings is 1. The Kier molecular flexibility index (Phi) is 2.41. The summed E-state index contributed by atoms with van der Waals surface area (Å²) in [6.45, 7) is 0. The van der Waals surface area contributed by atoms with Crippen LogP contribution in [-0.4, -0.2) is 20.3 Å². The number of imidazole rings is 1. The van der Waals surface area contributed by atoms with E-state index in [2.05, 4.69) is 9.97 Å². The highest BCUT2D eigenvalue weighted by molar-refractivity contribution is 6.08. The van der Waals surface area contributed by atoms with E-state index in [4.69, 9.17) is 0 Å². The Bertz CT molecular complexity index is 730. The monoisotopic (exact) mass is 237 g/mol. The largest absolute Gasteiger partial charge is 0.340 e. The second-order valence-corrected chi connectivity index (χ2v) is 4.17. The minimum atomic E-state index is -0.103. The molecule has 3 rings (SSSR count). The van der Waals surface area contributed by atoms with E-state index >= 15 is 0 Å². The lowest BCUT2D eigenvalue weighted by molar-refractivity contribution is 0.103. The molecular weight excluding hydrogens is 226 g/mol. The van der Waals surface area contributed by atoms with Crippen molar-refractivity contribution < 1.29 is 4.79 Å². The number of carbonyl (C=O) groups is 1. The summed E-state index contributed by atoms with van der Waals surface area (Å²) < 4.78 is 1.75. The van der Waals surface area contributed by atoms with Crippen LogP contribution >= 0.6 is 0 Å². The first kappa shape index (κ1) is 10.7. The number of carbonyl (C=O) groups excluding carboxylic acids is 1. The van der Waals surface area contributed by atoms with E-state index < -0.39 is 0 Å². The zero-order chi connectivity index (χ0) is 12.5. The predicted molar refractivity (Wildman–Crippen MR) is 68.4 cm³/mol. The first-order chi connectivity index (χ1) is 8.74. The zero-order valence-electron chi connectivity index (χ0n) is 9.87. The van der Waals surface area contributed by atoms with Crippen LogP contribution in [0.4, 0.5) is 0 Å². The Morgan fingerprint density at radius 2 is 2.06 bits per heavy atom. The number of ketones is 1. The minimum absolute atomic E-state index is 0.103. The maximum Gasteiger partial charge on any atom is 0.214 e. The third-order valence-corrected chi connectivity index (χ3v) is 2.79. The Morgan fingerprint density at radius 3 is 2.83 bits per heavy atom.